The summed E-state index contributed by atoms with van der Waals surface area (Å²) in [5.74, 6) is -1.64. The normalized spacial score (nSPS) is 13.6. The highest BCUT2D eigenvalue weighted by molar-refractivity contribution is 5.99. The number of benzene rings is 1. The van der Waals surface area contributed by atoms with Crippen molar-refractivity contribution in [3.8, 4) is 5.75 Å². The van der Waals surface area contributed by atoms with Crippen LogP contribution in [0.5, 0.6) is 5.75 Å². The van der Waals surface area contributed by atoms with Crippen molar-refractivity contribution >= 4 is 17.5 Å². The topological polar surface area (TPSA) is 113 Å². The maximum Gasteiger partial charge on any atom is 0.311 e. The molecule has 0 bridgehead atoms. The molecule has 8 nitrogen and oxygen atoms in total. The fourth-order valence-electron chi connectivity index (χ4n) is 1.85. The second-order valence-electron chi connectivity index (χ2n) is 4.93. The number of hydrogen-bond acceptors (Lipinski definition) is 5. The molecule has 1 fully saturated rings. The van der Waals surface area contributed by atoms with Gasteiger partial charge in [0, 0.05) is 19.2 Å². The Balaban J connectivity index is 2.09. The third-order valence-corrected chi connectivity index (χ3v) is 3.11. The molecule has 1 aromatic rings. The summed E-state index contributed by atoms with van der Waals surface area (Å²) in [4.78, 5) is 34.8. The van der Waals surface area contributed by atoms with Gasteiger partial charge >= 0.3 is 5.69 Å². The minimum Gasteiger partial charge on any atom is -0.502 e. The molecule has 0 saturated heterocycles. The largest absolute Gasteiger partial charge is 0.502 e. The van der Waals surface area contributed by atoms with Gasteiger partial charge in [-0.15, -0.1) is 0 Å². The van der Waals surface area contributed by atoms with E-state index in [1.54, 1.807) is 0 Å². The summed E-state index contributed by atoms with van der Waals surface area (Å²) in [6.45, 7) is -0.169. The predicted molar refractivity (Wildman–Crippen MR) is 72.9 cm³/mol. The van der Waals surface area contributed by atoms with E-state index in [9.17, 15) is 24.8 Å². The molecule has 0 aliphatic heterocycles. The Bertz CT molecular complexity index is 597. The first-order valence-electron chi connectivity index (χ1n) is 6.41. The maximum absolute atomic E-state index is 12.1. The molecule has 2 rings (SSSR count). The van der Waals surface area contributed by atoms with E-state index in [0.717, 1.165) is 23.8 Å². The summed E-state index contributed by atoms with van der Waals surface area (Å²) in [5, 5.41) is 23.2. The summed E-state index contributed by atoms with van der Waals surface area (Å²) in [6, 6.07) is 3.88. The highest BCUT2D eigenvalue weighted by Crippen LogP contribution is 2.29. The quantitative estimate of drug-likeness (QED) is 0.611. The van der Waals surface area contributed by atoms with Crippen LogP contribution in [-0.4, -0.2) is 46.4 Å². The number of nitro groups is 1. The van der Waals surface area contributed by atoms with Gasteiger partial charge in [0.15, 0.2) is 0 Å². The zero-order valence-corrected chi connectivity index (χ0v) is 11.4. The number of carbonyl (C=O) groups excluding carboxylic acids is 2. The van der Waals surface area contributed by atoms with Crippen molar-refractivity contribution < 1.29 is 19.6 Å². The van der Waals surface area contributed by atoms with Gasteiger partial charge in [-0.3, -0.25) is 19.7 Å². The average Bonchev–Trinajstić information content (AvgIpc) is 3.21. The van der Waals surface area contributed by atoms with Crippen molar-refractivity contribution in [3.05, 3.63) is 33.9 Å². The van der Waals surface area contributed by atoms with Crippen LogP contribution < -0.4 is 5.32 Å². The first-order chi connectivity index (χ1) is 9.90. The first-order valence-corrected chi connectivity index (χ1v) is 6.41. The lowest BCUT2D eigenvalue weighted by Gasteiger charge is -2.17. The van der Waals surface area contributed by atoms with Gasteiger partial charge < -0.3 is 15.3 Å². The molecule has 0 spiro atoms. The molecular formula is C13H15N3O5. The number of rotatable bonds is 5. The number of nitrogens with one attached hydrogen (secondary N) is 1. The zero-order valence-electron chi connectivity index (χ0n) is 11.4. The molecule has 0 atom stereocenters. The van der Waals surface area contributed by atoms with Crippen molar-refractivity contribution in [2.24, 2.45) is 0 Å². The molecule has 0 radical (unpaired) electrons. The van der Waals surface area contributed by atoms with Gasteiger partial charge in [-0.05, 0) is 18.9 Å². The molecule has 1 aromatic carbocycles. The maximum atomic E-state index is 12.1. The van der Waals surface area contributed by atoms with E-state index < -0.39 is 22.3 Å². The molecule has 1 aliphatic rings. The molecule has 0 aromatic heterocycles. The van der Waals surface area contributed by atoms with Gasteiger partial charge in [-0.25, -0.2) is 0 Å². The number of phenols is 1. The van der Waals surface area contributed by atoms with Crippen molar-refractivity contribution in [3.63, 3.8) is 0 Å². The van der Waals surface area contributed by atoms with Crippen molar-refractivity contribution in [1.82, 2.24) is 10.2 Å². The number of nitrogens with zero attached hydrogens (tertiary/aromatic N) is 2. The molecular weight excluding hydrogens is 278 g/mol. The Morgan fingerprint density at radius 1 is 1.48 bits per heavy atom. The molecule has 0 heterocycles. The Morgan fingerprint density at radius 3 is 2.71 bits per heavy atom. The lowest BCUT2D eigenvalue weighted by atomic mass is 10.1. The Hall–Kier alpha value is -2.64. The number of phenolic OH excluding ortho intramolecular Hbond substituents is 1. The molecule has 2 N–H and O–H groups in total. The molecule has 112 valence electrons. The predicted octanol–water partition coefficient (Wildman–Crippen LogP) is 0.651. The van der Waals surface area contributed by atoms with Crippen molar-refractivity contribution in [2.45, 2.75) is 18.9 Å². The number of aromatic hydroxyl groups is 1. The van der Waals surface area contributed by atoms with Gasteiger partial charge in [-0.2, -0.15) is 0 Å². The van der Waals surface area contributed by atoms with E-state index in [1.807, 2.05) is 0 Å². The van der Waals surface area contributed by atoms with Gasteiger partial charge in [0.05, 0.1) is 17.0 Å². The highest BCUT2D eigenvalue weighted by atomic mass is 16.6. The number of nitro benzene ring substituents is 1. The van der Waals surface area contributed by atoms with E-state index >= 15 is 0 Å². The lowest BCUT2D eigenvalue weighted by Crippen LogP contribution is -2.39. The lowest BCUT2D eigenvalue weighted by molar-refractivity contribution is -0.385. The van der Waals surface area contributed by atoms with Crippen LogP contribution in [-0.2, 0) is 4.79 Å². The fourth-order valence-corrected chi connectivity index (χ4v) is 1.85. The van der Waals surface area contributed by atoms with Crippen LogP contribution in [0.1, 0.15) is 23.2 Å². The van der Waals surface area contributed by atoms with E-state index in [2.05, 4.69) is 5.32 Å². The smallest absolute Gasteiger partial charge is 0.311 e. The second kappa shape index (κ2) is 5.78. The van der Waals surface area contributed by atoms with Gasteiger partial charge in [0.25, 0.3) is 5.91 Å². The van der Waals surface area contributed by atoms with Crippen LogP contribution in [0.3, 0.4) is 0 Å². The SMILES string of the molecule is CN(CC(=O)NC1CC1)C(=O)c1cccc([N+](=O)[O-])c1O. The standard InChI is InChI=1S/C13H15N3O5/c1-15(7-11(17)14-8-5-6-8)13(19)9-3-2-4-10(12(9)18)16(20)21/h2-4,8,18H,5-7H2,1H3,(H,14,17). The van der Waals surface area contributed by atoms with Crippen LogP contribution >= 0.6 is 0 Å². The van der Waals surface area contributed by atoms with Crippen LogP contribution in [0.15, 0.2) is 18.2 Å². The summed E-state index contributed by atoms with van der Waals surface area (Å²) in [5.41, 5.74) is -0.748. The van der Waals surface area contributed by atoms with E-state index in [-0.39, 0.29) is 24.1 Å². The van der Waals surface area contributed by atoms with E-state index in [1.165, 1.54) is 19.2 Å². The van der Waals surface area contributed by atoms with E-state index in [0.29, 0.717) is 0 Å². The number of hydrogen-bond donors (Lipinski definition) is 2. The number of para-hydroxylation sites is 1. The van der Waals surface area contributed by atoms with Gasteiger partial charge in [0.1, 0.15) is 0 Å². The van der Waals surface area contributed by atoms with Gasteiger partial charge in [-0.1, -0.05) is 6.07 Å². The molecule has 1 aliphatic carbocycles. The molecule has 0 unspecified atom stereocenters. The minimum atomic E-state index is -0.772. The Morgan fingerprint density at radius 2 is 2.14 bits per heavy atom. The summed E-state index contributed by atoms with van der Waals surface area (Å²) < 4.78 is 0. The first kappa shape index (κ1) is 14.8. The summed E-state index contributed by atoms with van der Waals surface area (Å²) >= 11 is 0. The van der Waals surface area contributed by atoms with Gasteiger partial charge in [0.2, 0.25) is 11.7 Å². The van der Waals surface area contributed by atoms with Crippen LogP contribution in [0.4, 0.5) is 5.69 Å². The second-order valence-corrected chi connectivity index (χ2v) is 4.93. The fraction of sp³-hybridized carbons (Fsp3) is 0.385. The molecule has 1 saturated carbocycles. The van der Waals surface area contributed by atoms with Crippen LogP contribution in [0.25, 0.3) is 0 Å². The van der Waals surface area contributed by atoms with Crippen LogP contribution in [0, 0.1) is 10.1 Å². The van der Waals surface area contributed by atoms with Crippen LogP contribution in [0.2, 0.25) is 0 Å². The average molecular weight is 293 g/mol. The molecule has 2 amide bonds. The number of likely N-dealkylation sites (N-methyl/N-ethyl adjacent to an activating group) is 1. The Kier molecular flexibility index (Phi) is 4.06. The molecule has 21 heavy (non-hydrogen) atoms. The third kappa shape index (κ3) is 3.47. The van der Waals surface area contributed by atoms with E-state index in [4.69, 9.17) is 0 Å². The molecule has 8 heteroatoms. The zero-order chi connectivity index (χ0) is 15.6. The number of amides is 2. The minimum absolute atomic E-state index is 0.169. The third-order valence-electron chi connectivity index (χ3n) is 3.11. The monoisotopic (exact) mass is 293 g/mol. The number of carbonyl (C=O) groups is 2. The van der Waals surface area contributed by atoms with Crippen molar-refractivity contribution in [2.75, 3.05) is 13.6 Å². The Labute approximate surface area is 120 Å². The summed E-state index contributed by atoms with van der Waals surface area (Å²) in [6.07, 6.45) is 1.88. The van der Waals surface area contributed by atoms with Crippen molar-refractivity contribution in [1.29, 1.82) is 0 Å². The summed E-state index contributed by atoms with van der Waals surface area (Å²) in [7, 11) is 1.40. The highest BCUT2D eigenvalue weighted by Gasteiger charge is 2.26.